The fraction of sp³-hybridized carbons (Fsp3) is 0.143. The molecule has 2 heterocycles. The Labute approximate surface area is 194 Å². The molecule has 0 aliphatic heterocycles. The number of rotatable bonds is 4. The molecule has 0 unspecified atom stereocenters. The van der Waals surface area contributed by atoms with Crippen LogP contribution < -0.4 is 16.6 Å². The fourth-order valence-electron chi connectivity index (χ4n) is 3.36. The SMILES string of the molecule is Cc1nc(N)c(Br)c(N[C@@H](C)c2nc3cccc(Cl)c3c(=O)n2-c2cc(F)cc(F)c2)n1. The van der Waals surface area contributed by atoms with E-state index in [1.54, 1.807) is 32.0 Å². The molecule has 0 spiro atoms. The first-order valence-corrected chi connectivity index (χ1v) is 10.6. The summed E-state index contributed by atoms with van der Waals surface area (Å²) >= 11 is 9.59. The fourth-order valence-corrected chi connectivity index (χ4v) is 3.90. The van der Waals surface area contributed by atoms with Gasteiger partial charge in [-0.2, -0.15) is 0 Å². The third-order valence-electron chi connectivity index (χ3n) is 4.71. The van der Waals surface area contributed by atoms with Gasteiger partial charge in [-0.1, -0.05) is 17.7 Å². The molecular weight excluding hydrogens is 506 g/mol. The van der Waals surface area contributed by atoms with E-state index in [4.69, 9.17) is 17.3 Å². The third-order valence-corrected chi connectivity index (χ3v) is 5.80. The van der Waals surface area contributed by atoms with E-state index in [1.165, 1.54) is 0 Å². The van der Waals surface area contributed by atoms with Crippen molar-refractivity contribution in [1.82, 2.24) is 19.5 Å². The van der Waals surface area contributed by atoms with Crippen LogP contribution >= 0.6 is 27.5 Å². The van der Waals surface area contributed by atoms with Crippen LogP contribution in [0.5, 0.6) is 0 Å². The number of nitrogens with one attached hydrogen (secondary N) is 1. The number of hydrogen-bond acceptors (Lipinski definition) is 6. The second kappa shape index (κ2) is 8.44. The molecule has 0 saturated heterocycles. The Morgan fingerprint density at radius 1 is 1.16 bits per heavy atom. The number of hydrogen-bond donors (Lipinski definition) is 2. The zero-order valence-electron chi connectivity index (χ0n) is 16.8. The van der Waals surface area contributed by atoms with Crippen molar-refractivity contribution in [3.8, 4) is 5.69 Å². The Balaban J connectivity index is 1.97. The van der Waals surface area contributed by atoms with Crippen molar-refractivity contribution in [3.63, 3.8) is 0 Å². The number of nitrogens with zero attached hydrogens (tertiary/aromatic N) is 4. The average molecular weight is 522 g/mol. The van der Waals surface area contributed by atoms with Crippen molar-refractivity contribution < 1.29 is 8.78 Å². The normalized spacial score (nSPS) is 12.2. The predicted molar refractivity (Wildman–Crippen MR) is 123 cm³/mol. The molecule has 0 saturated carbocycles. The minimum absolute atomic E-state index is 0.0251. The van der Waals surface area contributed by atoms with Crippen molar-refractivity contribution in [2.45, 2.75) is 19.9 Å². The summed E-state index contributed by atoms with van der Waals surface area (Å²) < 4.78 is 29.6. The number of nitrogen functional groups attached to an aromatic ring is 1. The summed E-state index contributed by atoms with van der Waals surface area (Å²) in [5.74, 6) is -0.436. The van der Waals surface area contributed by atoms with Crippen molar-refractivity contribution in [3.05, 3.63) is 79.5 Å². The molecule has 7 nitrogen and oxygen atoms in total. The number of aryl methyl sites for hydroxylation is 1. The Hall–Kier alpha value is -3.11. The van der Waals surface area contributed by atoms with Crippen LogP contribution in [-0.4, -0.2) is 19.5 Å². The van der Waals surface area contributed by atoms with Crippen molar-refractivity contribution in [2.24, 2.45) is 0 Å². The van der Waals surface area contributed by atoms with Gasteiger partial charge < -0.3 is 11.1 Å². The number of halogens is 4. The van der Waals surface area contributed by atoms with Crippen molar-refractivity contribution >= 4 is 50.1 Å². The van der Waals surface area contributed by atoms with Crippen LogP contribution in [0, 0.1) is 18.6 Å². The molecule has 11 heteroatoms. The third kappa shape index (κ3) is 4.03. The van der Waals surface area contributed by atoms with E-state index in [9.17, 15) is 13.6 Å². The Morgan fingerprint density at radius 2 is 1.84 bits per heavy atom. The molecule has 4 rings (SSSR count). The summed E-state index contributed by atoms with van der Waals surface area (Å²) in [6.45, 7) is 3.41. The van der Waals surface area contributed by atoms with Crippen LogP contribution in [0.3, 0.4) is 0 Å². The van der Waals surface area contributed by atoms with Gasteiger partial charge in [0.1, 0.15) is 39.4 Å². The lowest BCUT2D eigenvalue weighted by molar-refractivity contribution is 0.579. The quantitative estimate of drug-likeness (QED) is 0.395. The van der Waals surface area contributed by atoms with Crippen molar-refractivity contribution in [1.29, 1.82) is 0 Å². The molecule has 0 radical (unpaired) electrons. The number of nitrogens with two attached hydrogens (primary N) is 1. The van der Waals surface area contributed by atoms with E-state index in [0.717, 1.165) is 22.8 Å². The minimum atomic E-state index is -0.834. The number of fused-ring (bicyclic) bond motifs is 1. The average Bonchev–Trinajstić information content (AvgIpc) is 2.70. The summed E-state index contributed by atoms with van der Waals surface area (Å²) in [4.78, 5) is 26.4. The van der Waals surface area contributed by atoms with Gasteiger partial charge in [0.15, 0.2) is 0 Å². The van der Waals surface area contributed by atoms with Gasteiger partial charge in [-0.15, -0.1) is 0 Å². The number of aromatic nitrogens is 4. The van der Waals surface area contributed by atoms with Gasteiger partial charge in [-0.25, -0.2) is 23.7 Å². The highest BCUT2D eigenvalue weighted by molar-refractivity contribution is 9.10. The molecule has 4 aromatic rings. The summed E-state index contributed by atoms with van der Waals surface area (Å²) in [5, 5.41) is 3.45. The Bertz CT molecular complexity index is 1410. The van der Waals surface area contributed by atoms with E-state index in [-0.39, 0.29) is 27.7 Å². The van der Waals surface area contributed by atoms with Gasteiger partial charge in [0.2, 0.25) is 0 Å². The standard InChI is InChI=1S/C21H16BrClF2N6O/c1-9(27-19-17(22)18(26)28-10(2)29-19)20-30-15-5-3-4-14(23)16(15)21(32)31(20)13-7-11(24)6-12(25)8-13/h3-9H,1-2H3,(H3,26,27,28,29)/t9-/m0/s1. The molecule has 2 aromatic carbocycles. The maximum absolute atomic E-state index is 14.0. The highest BCUT2D eigenvalue weighted by Gasteiger charge is 2.22. The maximum atomic E-state index is 14.0. The van der Waals surface area contributed by atoms with Crippen LogP contribution in [-0.2, 0) is 0 Å². The molecule has 32 heavy (non-hydrogen) atoms. The Morgan fingerprint density at radius 3 is 2.53 bits per heavy atom. The Kier molecular flexibility index (Phi) is 5.83. The number of benzene rings is 2. The first kappa shape index (κ1) is 22.1. The van der Waals surface area contributed by atoms with E-state index >= 15 is 0 Å². The first-order valence-electron chi connectivity index (χ1n) is 9.39. The molecule has 164 valence electrons. The summed E-state index contributed by atoms with van der Waals surface area (Å²) in [6.07, 6.45) is 0. The number of anilines is 2. The monoisotopic (exact) mass is 520 g/mol. The molecule has 0 aliphatic carbocycles. The van der Waals surface area contributed by atoms with Crippen LogP contribution in [0.2, 0.25) is 5.02 Å². The largest absolute Gasteiger partial charge is 0.383 e. The summed E-state index contributed by atoms with van der Waals surface area (Å²) in [6, 6.07) is 7.04. The lowest BCUT2D eigenvalue weighted by Crippen LogP contribution is -2.28. The molecule has 2 aromatic heterocycles. The van der Waals surface area contributed by atoms with Gasteiger partial charge in [0, 0.05) is 6.07 Å². The van der Waals surface area contributed by atoms with Crippen LogP contribution in [0.1, 0.15) is 24.6 Å². The second-order valence-corrected chi connectivity index (χ2v) is 8.26. The minimum Gasteiger partial charge on any atom is -0.383 e. The molecule has 0 fully saturated rings. The van der Waals surface area contributed by atoms with Gasteiger partial charge >= 0.3 is 0 Å². The lowest BCUT2D eigenvalue weighted by atomic mass is 10.2. The molecule has 0 aliphatic rings. The zero-order chi connectivity index (χ0) is 23.2. The molecule has 1 atom stereocenters. The lowest BCUT2D eigenvalue weighted by Gasteiger charge is -2.21. The van der Waals surface area contributed by atoms with E-state index < -0.39 is 23.2 Å². The first-order chi connectivity index (χ1) is 15.2. The molecule has 0 amide bonds. The molecule has 0 bridgehead atoms. The van der Waals surface area contributed by atoms with Crippen molar-refractivity contribution in [2.75, 3.05) is 11.1 Å². The second-order valence-electron chi connectivity index (χ2n) is 7.06. The van der Waals surface area contributed by atoms with Crippen LogP contribution in [0.4, 0.5) is 20.4 Å². The smallest absolute Gasteiger partial charge is 0.267 e. The molecular formula is C21H16BrClF2N6O. The highest BCUT2D eigenvalue weighted by atomic mass is 79.9. The van der Waals surface area contributed by atoms with Crippen LogP contribution in [0.15, 0.2) is 45.7 Å². The van der Waals surface area contributed by atoms with E-state index in [2.05, 4.69) is 36.2 Å². The summed E-state index contributed by atoms with van der Waals surface area (Å²) in [5.41, 5.74) is 5.65. The highest BCUT2D eigenvalue weighted by Crippen LogP contribution is 2.30. The van der Waals surface area contributed by atoms with Gasteiger partial charge in [-0.05, 0) is 54.0 Å². The maximum Gasteiger partial charge on any atom is 0.267 e. The van der Waals surface area contributed by atoms with Crippen LogP contribution in [0.25, 0.3) is 16.6 Å². The summed E-state index contributed by atoms with van der Waals surface area (Å²) in [7, 11) is 0. The molecule has 3 N–H and O–H groups in total. The van der Waals surface area contributed by atoms with Gasteiger partial charge in [0.25, 0.3) is 5.56 Å². The van der Waals surface area contributed by atoms with Gasteiger partial charge in [0.05, 0.1) is 27.7 Å². The predicted octanol–water partition coefficient (Wildman–Crippen LogP) is 4.93. The van der Waals surface area contributed by atoms with E-state index in [1.807, 2.05) is 0 Å². The zero-order valence-corrected chi connectivity index (χ0v) is 19.2. The van der Waals surface area contributed by atoms with E-state index in [0.29, 0.717) is 21.6 Å². The van der Waals surface area contributed by atoms with Gasteiger partial charge in [-0.3, -0.25) is 9.36 Å². The topological polar surface area (TPSA) is 98.7 Å².